The molecule has 102 valence electrons. The molecule has 0 aliphatic rings. The molecule has 0 aliphatic carbocycles. The average Bonchev–Trinajstić information content (AvgIpc) is 2.16. The van der Waals surface area contributed by atoms with E-state index in [0.29, 0.717) is 6.54 Å². The lowest BCUT2D eigenvalue weighted by atomic mass is 9.88. The molecule has 3 amide bonds. The van der Waals surface area contributed by atoms with Gasteiger partial charge in [-0.15, -0.1) is 12.4 Å². The molecule has 0 radical (unpaired) electrons. The highest BCUT2D eigenvalue weighted by molar-refractivity contribution is 5.86. The van der Waals surface area contributed by atoms with Crippen molar-refractivity contribution in [3.8, 4) is 0 Å². The van der Waals surface area contributed by atoms with Crippen molar-refractivity contribution in [2.45, 2.75) is 39.3 Å². The van der Waals surface area contributed by atoms with Crippen LogP contribution in [0.25, 0.3) is 0 Å². The smallest absolute Gasteiger partial charge is 0.312 e. The van der Waals surface area contributed by atoms with Gasteiger partial charge in [-0.3, -0.25) is 4.79 Å². The predicted octanol–water partition coefficient (Wildman–Crippen LogP) is -0.0454. The van der Waals surface area contributed by atoms with Gasteiger partial charge < -0.3 is 22.1 Å². The minimum atomic E-state index is -0.721. The molecule has 17 heavy (non-hydrogen) atoms. The Hall–Kier alpha value is -1.01. The number of primary amides is 1. The second-order valence-electron chi connectivity index (χ2n) is 4.50. The summed E-state index contributed by atoms with van der Waals surface area (Å²) in [6.45, 7) is 7.71. The van der Waals surface area contributed by atoms with Crippen LogP contribution in [0.1, 0.15) is 27.7 Å². The monoisotopic (exact) mass is 266 g/mol. The highest BCUT2D eigenvalue weighted by Gasteiger charge is 2.30. The molecule has 0 fully saturated rings. The predicted molar refractivity (Wildman–Crippen MR) is 69.9 cm³/mol. The van der Waals surface area contributed by atoms with Gasteiger partial charge in [0.05, 0.1) is 5.54 Å². The van der Waals surface area contributed by atoms with Crippen LogP contribution < -0.4 is 22.1 Å². The summed E-state index contributed by atoms with van der Waals surface area (Å²) in [7, 11) is 0. The van der Waals surface area contributed by atoms with Crippen LogP contribution in [0, 0.1) is 5.92 Å². The summed E-state index contributed by atoms with van der Waals surface area (Å²) in [6.07, 6.45) is 0. The summed E-state index contributed by atoms with van der Waals surface area (Å²) in [5.41, 5.74) is 10.1. The Morgan fingerprint density at radius 2 is 1.76 bits per heavy atom. The van der Waals surface area contributed by atoms with E-state index < -0.39 is 17.6 Å². The van der Waals surface area contributed by atoms with Crippen LogP contribution in [-0.2, 0) is 4.79 Å². The molecule has 0 aromatic heterocycles. The van der Waals surface area contributed by atoms with Crippen LogP contribution in [0.2, 0.25) is 0 Å². The third kappa shape index (κ3) is 5.74. The number of nitrogens with one attached hydrogen (secondary N) is 2. The van der Waals surface area contributed by atoms with Crippen LogP contribution in [0.5, 0.6) is 0 Å². The highest BCUT2D eigenvalue weighted by atomic mass is 35.5. The fourth-order valence-electron chi connectivity index (χ4n) is 1.10. The van der Waals surface area contributed by atoms with Crippen molar-refractivity contribution in [3.63, 3.8) is 0 Å². The van der Waals surface area contributed by atoms with Crippen molar-refractivity contribution in [2.75, 3.05) is 6.54 Å². The van der Waals surface area contributed by atoms with Gasteiger partial charge in [0, 0.05) is 6.54 Å². The van der Waals surface area contributed by atoms with Crippen LogP contribution in [-0.4, -0.2) is 30.1 Å². The van der Waals surface area contributed by atoms with Gasteiger partial charge >= 0.3 is 6.03 Å². The first-order chi connectivity index (χ1) is 7.23. The Morgan fingerprint density at radius 1 is 1.29 bits per heavy atom. The fraction of sp³-hybridized carbons (Fsp3) is 0.800. The molecule has 0 spiro atoms. The van der Waals surface area contributed by atoms with E-state index in [1.165, 1.54) is 0 Å². The molecule has 6 nitrogen and oxygen atoms in total. The first-order valence-corrected chi connectivity index (χ1v) is 5.31. The molecular formula is C10H23ClN4O2. The normalized spacial score (nSPS) is 15.4. The number of halogens is 1. The Morgan fingerprint density at radius 3 is 2.06 bits per heavy atom. The second-order valence-corrected chi connectivity index (χ2v) is 4.50. The zero-order valence-electron chi connectivity index (χ0n) is 10.7. The minimum absolute atomic E-state index is 0. The van der Waals surface area contributed by atoms with E-state index in [2.05, 4.69) is 10.6 Å². The maximum absolute atomic E-state index is 11.7. The highest BCUT2D eigenvalue weighted by Crippen LogP contribution is 2.14. The number of hydrogen-bond acceptors (Lipinski definition) is 3. The van der Waals surface area contributed by atoms with E-state index in [0.717, 1.165) is 0 Å². The Kier molecular flexibility index (Phi) is 7.93. The lowest BCUT2D eigenvalue weighted by Crippen LogP contribution is -2.59. The minimum Gasteiger partial charge on any atom is -0.352 e. The molecule has 0 aliphatic heterocycles. The molecule has 0 heterocycles. The zero-order chi connectivity index (χ0) is 12.9. The third-order valence-corrected chi connectivity index (χ3v) is 2.86. The summed E-state index contributed by atoms with van der Waals surface area (Å²) in [4.78, 5) is 22.3. The number of urea groups is 1. The largest absolute Gasteiger partial charge is 0.352 e. The molecule has 6 N–H and O–H groups in total. The summed E-state index contributed by atoms with van der Waals surface area (Å²) < 4.78 is 0. The zero-order valence-corrected chi connectivity index (χ0v) is 11.6. The number of nitrogens with two attached hydrogens (primary N) is 2. The molecule has 0 bridgehead atoms. The number of hydrogen-bond donors (Lipinski definition) is 4. The second kappa shape index (κ2) is 7.34. The molecule has 0 aromatic carbocycles. The van der Waals surface area contributed by atoms with Crippen molar-refractivity contribution in [2.24, 2.45) is 17.4 Å². The number of carbonyl (C=O) groups excluding carboxylic acids is 2. The quantitative estimate of drug-likeness (QED) is 0.560. The Balaban J connectivity index is 0. The maximum Gasteiger partial charge on any atom is 0.312 e. The fourth-order valence-corrected chi connectivity index (χ4v) is 1.10. The Bertz CT molecular complexity index is 273. The molecular weight excluding hydrogens is 244 g/mol. The van der Waals surface area contributed by atoms with Gasteiger partial charge in [0.2, 0.25) is 5.91 Å². The van der Waals surface area contributed by atoms with Gasteiger partial charge in [0.15, 0.2) is 0 Å². The van der Waals surface area contributed by atoms with Crippen molar-refractivity contribution in [1.82, 2.24) is 10.6 Å². The molecule has 0 aromatic rings. The van der Waals surface area contributed by atoms with Crippen LogP contribution in [0.4, 0.5) is 4.79 Å². The van der Waals surface area contributed by atoms with Crippen LogP contribution >= 0.6 is 12.4 Å². The first-order valence-electron chi connectivity index (χ1n) is 5.31. The molecule has 0 saturated heterocycles. The standard InChI is InChI=1S/C10H22N4O2.ClH/c1-6(2)10(4,5-11)14-8(15)7(3)13-9(12)16;/h6-7H,5,11H2,1-4H3,(H,14,15)(H3,12,13,16);1H. The summed E-state index contributed by atoms with van der Waals surface area (Å²) in [5.74, 6) is -0.0947. The SMILES string of the molecule is CC(NC(N)=O)C(=O)NC(C)(CN)C(C)C.Cl. The summed E-state index contributed by atoms with van der Waals surface area (Å²) in [5, 5.41) is 5.13. The summed E-state index contributed by atoms with van der Waals surface area (Å²) in [6, 6.07) is -1.39. The van der Waals surface area contributed by atoms with Crippen molar-refractivity contribution >= 4 is 24.3 Å². The van der Waals surface area contributed by atoms with Crippen molar-refractivity contribution in [1.29, 1.82) is 0 Å². The van der Waals surface area contributed by atoms with Gasteiger partial charge in [-0.1, -0.05) is 13.8 Å². The van der Waals surface area contributed by atoms with Gasteiger partial charge in [0.25, 0.3) is 0 Å². The van der Waals surface area contributed by atoms with E-state index in [1.54, 1.807) is 6.92 Å². The maximum atomic E-state index is 11.7. The van der Waals surface area contributed by atoms with Crippen molar-refractivity contribution in [3.05, 3.63) is 0 Å². The molecule has 0 rings (SSSR count). The third-order valence-electron chi connectivity index (χ3n) is 2.86. The van der Waals surface area contributed by atoms with Gasteiger partial charge in [-0.05, 0) is 19.8 Å². The lowest BCUT2D eigenvalue weighted by molar-refractivity contribution is -0.124. The summed E-state index contributed by atoms with van der Waals surface area (Å²) >= 11 is 0. The number of rotatable bonds is 5. The topological polar surface area (TPSA) is 110 Å². The van der Waals surface area contributed by atoms with Gasteiger partial charge in [-0.2, -0.15) is 0 Å². The lowest BCUT2D eigenvalue weighted by Gasteiger charge is -2.34. The van der Waals surface area contributed by atoms with Crippen LogP contribution in [0.3, 0.4) is 0 Å². The van der Waals surface area contributed by atoms with Crippen LogP contribution in [0.15, 0.2) is 0 Å². The Labute approximate surface area is 108 Å². The van der Waals surface area contributed by atoms with E-state index >= 15 is 0 Å². The van der Waals surface area contributed by atoms with E-state index in [1.807, 2.05) is 20.8 Å². The molecule has 7 heteroatoms. The number of carbonyl (C=O) groups is 2. The molecule has 2 atom stereocenters. The first kappa shape index (κ1) is 18.4. The number of amides is 3. The van der Waals surface area contributed by atoms with Gasteiger partial charge in [-0.25, -0.2) is 4.79 Å². The molecule has 2 unspecified atom stereocenters. The van der Waals surface area contributed by atoms with E-state index in [-0.39, 0.29) is 24.2 Å². The van der Waals surface area contributed by atoms with E-state index in [4.69, 9.17) is 11.5 Å². The molecule has 0 saturated carbocycles. The van der Waals surface area contributed by atoms with E-state index in [9.17, 15) is 9.59 Å². The van der Waals surface area contributed by atoms with Crippen molar-refractivity contribution < 1.29 is 9.59 Å². The van der Waals surface area contributed by atoms with Gasteiger partial charge in [0.1, 0.15) is 6.04 Å². The average molecular weight is 267 g/mol.